The first kappa shape index (κ1) is 21.0. The minimum Gasteiger partial charge on any atom is -0.507 e. The van der Waals surface area contributed by atoms with E-state index in [1.165, 1.54) is 18.2 Å². The summed E-state index contributed by atoms with van der Waals surface area (Å²) < 4.78 is 11.7. The summed E-state index contributed by atoms with van der Waals surface area (Å²) in [7, 11) is 0. The molecule has 5 unspecified atom stereocenters. The number of phenols is 1. The standard InChI is InChI=1S/C23H22O9/c1-9-6-12-15(13(25)7-9)19(28)16-11(17(12)26)3-2-10-4-5-23(32-21(10)16)22(30)20(29)18(27)14(8-24)31-23/h2-3,6-7,14,18,20,22,24-25,27,29-30H,4-5,8H2,1H3. The molecule has 0 aromatic heterocycles. The van der Waals surface area contributed by atoms with Crippen molar-refractivity contribution in [1.29, 1.82) is 0 Å². The summed E-state index contributed by atoms with van der Waals surface area (Å²) in [6.07, 6.45) is -5.75. The monoisotopic (exact) mass is 442 g/mol. The van der Waals surface area contributed by atoms with Crippen LogP contribution in [0.5, 0.6) is 11.5 Å². The first-order chi connectivity index (χ1) is 15.2. The van der Waals surface area contributed by atoms with Crippen LogP contribution in [0, 0.1) is 6.92 Å². The normalized spacial score (nSPS) is 31.0. The SMILES string of the molecule is Cc1cc(O)c2c(c1)C(=O)c1ccc3c(c1C2=O)OC1(CC3)OC(CO)C(O)C(O)C1O. The van der Waals surface area contributed by atoms with Gasteiger partial charge in [-0.25, -0.2) is 0 Å². The van der Waals surface area contributed by atoms with Crippen molar-refractivity contribution in [3.05, 3.63) is 57.6 Å². The summed E-state index contributed by atoms with van der Waals surface area (Å²) in [6.45, 7) is 1.07. The van der Waals surface area contributed by atoms with Gasteiger partial charge in [-0.05, 0) is 42.7 Å². The predicted octanol–water partition coefficient (Wildman–Crippen LogP) is -0.0289. The lowest BCUT2D eigenvalue weighted by Gasteiger charge is -2.50. The number of rotatable bonds is 1. The summed E-state index contributed by atoms with van der Waals surface area (Å²) in [4.78, 5) is 26.6. The van der Waals surface area contributed by atoms with E-state index in [2.05, 4.69) is 0 Å². The third kappa shape index (κ3) is 2.76. The molecule has 1 spiro atoms. The molecule has 0 amide bonds. The topological polar surface area (TPSA) is 154 Å². The number of carbonyl (C=O) groups is 2. The van der Waals surface area contributed by atoms with E-state index in [4.69, 9.17) is 9.47 Å². The largest absolute Gasteiger partial charge is 0.507 e. The molecule has 0 saturated carbocycles. The fourth-order valence-corrected chi connectivity index (χ4v) is 4.84. The number of ketones is 2. The van der Waals surface area contributed by atoms with Crippen LogP contribution in [0.3, 0.4) is 0 Å². The molecule has 9 heteroatoms. The number of phenolic OH excluding ortho intramolecular Hbond substituents is 1. The number of fused-ring (bicyclic) bond motifs is 4. The molecule has 2 heterocycles. The molecule has 5 rings (SSSR count). The minimum atomic E-state index is -1.84. The molecule has 0 radical (unpaired) electrons. The van der Waals surface area contributed by atoms with Crippen molar-refractivity contribution in [2.75, 3.05) is 6.61 Å². The smallest absolute Gasteiger partial charge is 0.240 e. The van der Waals surface area contributed by atoms with Crippen molar-refractivity contribution >= 4 is 11.6 Å². The van der Waals surface area contributed by atoms with Crippen LogP contribution in [0.25, 0.3) is 0 Å². The van der Waals surface area contributed by atoms with Crippen LogP contribution in [0.2, 0.25) is 0 Å². The van der Waals surface area contributed by atoms with Crippen LogP contribution in [-0.2, 0) is 11.2 Å². The van der Waals surface area contributed by atoms with Gasteiger partial charge in [0, 0.05) is 17.5 Å². The number of benzene rings is 2. The van der Waals surface area contributed by atoms with Crippen LogP contribution < -0.4 is 4.74 Å². The summed E-state index contributed by atoms with van der Waals surface area (Å²) in [6, 6.07) is 6.12. The molecule has 5 N–H and O–H groups in total. The first-order valence-electron chi connectivity index (χ1n) is 10.3. The molecule has 5 atom stereocenters. The lowest BCUT2D eigenvalue weighted by Crippen LogP contribution is -2.68. The highest BCUT2D eigenvalue weighted by molar-refractivity contribution is 6.30. The van der Waals surface area contributed by atoms with E-state index in [1.54, 1.807) is 13.0 Å². The van der Waals surface area contributed by atoms with Crippen molar-refractivity contribution < 1.29 is 44.6 Å². The Balaban J connectivity index is 1.65. The number of aromatic hydroxyl groups is 1. The average Bonchev–Trinajstić information content (AvgIpc) is 2.77. The van der Waals surface area contributed by atoms with Gasteiger partial charge in [0.2, 0.25) is 11.6 Å². The van der Waals surface area contributed by atoms with E-state index in [1.807, 2.05) is 0 Å². The number of aliphatic hydroxyl groups is 4. The van der Waals surface area contributed by atoms with Gasteiger partial charge < -0.3 is 35.0 Å². The Bertz CT molecular complexity index is 1150. The lowest BCUT2D eigenvalue weighted by molar-refractivity contribution is -0.342. The predicted molar refractivity (Wildman–Crippen MR) is 108 cm³/mol. The molecule has 9 nitrogen and oxygen atoms in total. The Labute approximate surface area is 182 Å². The quantitative estimate of drug-likeness (QED) is 0.350. The summed E-state index contributed by atoms with van der Waals surface area (Å²) in [5.41, 5.74) is 1.21. The van der Waals surface area contributed by atoms with Crippen molar-refractivity contribution in [2.24, 2.45) is 0 Å². The highest BCUT2D eigenvalue weighted by Crippen LogP contribution is 2.46. The molecule has 2 aromatic carbocycles. The van der Waals surface area contributed by atoms with Crippen molar-refractivity contribution in [3.8, 4) is 11.5 Å². The van der Waals surface area contributed by atoms with Gasteiger partial charge in [-0.1, -0.05) is 6.07 Å². The molecule has 168 valence electrons. The van der Waals surface area contributed by atoms with Crippen LogP contribution in [0.4, 0.5) is 0 Å². The second-order valence-electron chi connectivity index (χ2n) is 8.52. The molecule has 1 fully saturated rings. The molecule has 1 aliphatic carbocycles. The molecule has 1 saturated heterocycles. The van der Waals surface area contributed by atoms with Gasteiger partial charge in [-0.15, -0.1) is 0 Å². The van der Waals surface area contributed by atoms with E-state index < -0.39 is 48.4 Å². The van der Waals surface area contributed by atoms with Crippen LogP contribution in [0.1, 0.15) is 49.4 Å². The zero-order chi connectivity index (χ0) is 22.9. The molecule has 2 aliphatic heterocycles. The fourth-order valence-electron chi connectivity index (χ4n) is 4.84. The Morgan fingerprint density at radius 2 is 1.78 bits per heavy atom. The zero-order valence-electron chi connectivity index (χ0n) is 17.1. The van der Waals surface area contributed by atoms with Crippen molar-refractivity contribution in [2.45, 2.75) is 50.0 Å². The van der Waals surface area contributed by atoms with Gasteiger partial charge in [0.1, 0.15) is 35.9 Å². The van der Waals surface area contributed by atoms with Crippen LogP contribution >= 0.6 is 0 Å². The highest BCUT2D eigenvalue weighted by Gasteiger charge is 2.57. The summed E-state index contributed by atoms with van der Waals surface area (Å²) in [5.74, 6) is -3.20. The molecule has 0 bridgehead atoms. The number of aliphatic hydroxyl groups excluding tert-OH is 4. The van der Waals surface area contributed by atoms with Gasteiger partial charge >= 0.3 is 0 Å². The van der Waals surface area contributed by atoms with E-state index in [0.29, 0.717) is 11.1 Å². The summed E-state index contributed by atoms with van der Waals surface area (Å²) >= 11 is 0. The second-order valence-corrected chi connectivity index (χ2v) is 8.52. The highest BCUT2D eigenvalue weighted by atomic mass is 16.7. The molecular weight excluding hydrogens is 420 g/mol. The van der Waals surface area contributed by atoms with E-state index in [9.17, 15) is 35.1 Å². The van der Waals surface area contributed by atoms with Crippen molar-refractivity contribution in [1.82, 2.24) is 0 Å². The molecular formula is C23H22O9. The Kier molecular flexibility index (Phi) is 4.66. The first-order valence-corrected chi connectivity index (χ1v) is 10.3. The van der Waals surface area contributed by atoms with Gasteiger partial charge in [-0.2, -0.15) is 0 Å². The van der Waals surface area contributed by atoms with Crippen LogP contribution in [0.15, 0.2) is 24.3 Å². The van der Waals surface area contributed by atoms with E-state index in [-0.39, 0.29) is 46.6 Å². The van der Waals surface area contributed by atoms with Gasteiger partial charge in [-0.3, -0.25) is 9.59 Å². The number of hydrogen-bond donors (Lipinski definition) is 5. The fraction of sp³-hybridized carbons (Fsp3) is 0.391. The zero-order valence-corrected chi connectivity index (χ0v) is 17.1. The molecule has 32 heavy (non-hydrogen) atoms. The minimum absolute atomic E-state index is 0.0112. The number of ether oxygens (including phenoxy) is 2. The van der Waals surface area contributed by atoms with Gasteiger partial charge in [0.15, 0.2) is 5.78 Å². The number of aryl methyl sites for hydroxylation is 2. The van der Waals surface area contributed by atoms with E-state index in [0.717, 1.165) is 0 Å². The second kappa shape index (κ2) is 7.09. The van der Waals surface area contributed by atoms with Gasteiger partial charge in [0.25, 0.3) is 0 Å². The average molecular weight is 442 g/mol. The van der Waals surface area contributed by atoms with E-state index >= 15 is 0 Å². The number of hydrogen-bond acceptors (Lipinski definition) is 9. The third-order valence-corrected chi connectivity index (χ3v) is 6.50. The Morgan fingerprint density at radius 3 is 2.50 bits per heavy atom. The Morgan fingerprint density at radius 1 is 1.03 bits per heavy atom. The maximum Gasteiger partial charge on any atom is 0.240 e. The molecule has 3 aliphatic rings. The lowest BCUT2D eigenvalue weighted by atomic mass is 9.79. The van der Waals surface area contributed by atoms with Gasteiger partial charge in [0.05, 0.1) is 17.7 Å². The molecule has 2 aromatic rings. The summed E-state index contributed by atoms with van der Waals surface area (Å²) in [5, 5.41) is 51.0. The maximum atomic E-state index is 13.4. The number of carbonyl (C=O) groups excluding carboxylic acids is 2. The maximum absolute atomic E-state index is 13.4. The van der Waals surface area contributed by atoms with Crippen molar-refractivity contribution in [3.63, 3.8) is 0 Å². The van der Waals surface area contributed by atoms with Crippen LogP contribution in [-0.4, -0.2) is 73.9 Å². The Hall–Kier alpha value is -2.82. The third-order valence-electron chi connectivity index (χ3n) is 6.50.